The summed E-state index contributed by atoms with van der Waals surface area (Å²) in [4.78, 5) is 28.8. The molecule has 1 aliphatic heterocycles. The van der Waals surface area contributed by atoms with Crippen molar-refractivity contribution in [1.29, 1.82) is 0 Å². The van der Waals surface area contributed by atoms with Crippen molar-refractivity contribution < 1.29 is 4.79 Å². The van der Waals surface area contributed by atoms with Crippen LogP contribution in [0.3, 0.4) is 0 Å². The Kier molecular flexibility index (Phi) is 3.76. The van der Waals surface area contributed by atoms with E-state index in [2.05, 4.69) is 20.0 Å². The zero-order valence-electron chi connectivity index (χ0n) is 11.8. The van der Waals surface area contributed by atoms with Gasteiger partial charge in [-0.1, -0.05) is 30.0 Å². The third-order valence-electron chi connectivity index (χ3n) is 3.13. The van der Waals surface area contributed by atoms with E-state index in [1.807, 2.05) is 25.2 Å². The highest BCUT2D eigenvalue weighted by Crippen LogP contribution is 2.25. The number of aromatic nitrogens is 2. The molecule has 22 heavy (non-hydrogen) atoms. The molecule has 0 radical (unpaired) electrons. The smallest absolute Gasteiger partial charge is 0.260 e. The van der Waals surface area contributed by atoms with E-state index in [0.717, 1.165) is 0 Å². The first-order valence-corrected chi connectivity index (χ1v) is 7.53. The fourth-order valence-corrected chi connectivity index (χ4v) is 2.94. The van der Waals surface area contributed by atoms with Crippen LogP contribution in [-0.4, -0.2) is 32.7 Å². The molecule has 3 rings (SSSR count). The Morgan fingerprint density at radius 3 is 2.64 bits per heavy atom. The molecule has 0 saturated heterocycles. The monoisotopic (exact) mass is 314 g/mol. The van der Waals surface area contributed by atoms with E-state index in [9.17, 15) is 4.79 Å². The van der Waals surface area contributed by atoms with E-state index in [4.69, 9.17) is 11.5 Å². The van der Waals surface area contributed by atoms with E-state index in [0.29, 0.717) is 28.3 Å². The van der Waals surface area contributed by atoms with Crippen molar-refractivity contribution >= 4 is 40.9 Å². The molecular formula is C14H14N6OS. The van der Waals surface area contributed by atoms with Gasteiger partial charge in [0.25, 0.3) is 5.91 Å². The average Bonchev–Trinajstić information content (AvgIpc) is 2.46. The van der Waals surface area contributed by atoms with Gasteiger partial charge >= 0.3 is 0 Å². The van der Waals surface area contributed by atoms with E-state index in [1.54, 1.807) is 6.08 Å². The molecule has 7 nitrogen and oxygen atoms in total. The summed E-state index contributed by atoms with van der Waals surface area (Å²) < 4.78 is 0. The molecule has 1 aliphatic carbocycles. The van der Waals surface area contributed by atoms with Crippen LogP contribution in [0.25, 0.3) is 0 Å². The number of nitrogens with two attached hydrogens (primary N) is 2. The molecule has 0 bridgehead atoms. The molecule has 0 saturated carbocycles. The van der Waals surface area contributed by atoms with Crippen molar-refractivity contribution in [1.82, 2.24) is 9.97 Å². The average molecular weight is 314 g/mol. The largest absolute Gasteiger partial charge is 0.383 e. The van der Waals surface area contributed by atoms with Crippen LogP contribution in [0, 0.1) is 5.92 Å². The van der Waals surface area contributed by atoms with Crippen LogP contribution in [0.4, 0.5) is 11.6 Å². The second kappa shape index (κ2) is 5.72. The van der Waals surface area contributed by atoms with Crippen LogP contribution in [-0.2, 0) is 4.79 Å². The molecule has 1 aromatic rings. The molecule has 4 N–H and O–H groups in total. The van der Waals surface area contributed by atoms with Crippen molar-refractivity contribution in [3.8, 4) is 0 Å². The lowest BCUT2D eigenvalue weighted by Gasteiger charge is -2.20. The summed E-state index contributed by atoms with van der Waals surface area (Å²) in [5, 5.41) is 0.236. The molecular weight excluding hydrogens is 300 g/mol. The number of hydrogen-bond acceptors (Lipinski definition) is 7. The fraction of sp³-hybridized carbons (Fsp3) is 0.214. The zero-order chi connectivity index (χ0) is 15.7. The molecule has 2 unspecified atom stereocenters. The second-order valence-corrected chi connectivity index (χ2v) is 6.13. The van der Waals surface area contributed by atoms with Gasteiger partial charge in [-0.25, -0.2) is 15.0 Å². The first kappa shape index (κ1) is 14.5. The number of aliphatic imine (C=N–C) groups is 2. The molecule has 0 spiro atoms. The molecule has 8 heteroatoms. The van der Waals surface area contributed by atoms with Crippen molar-refractivity contribution in [2.45, 2.75) is 17.3 Å². The van der Waals surface area contributed by atoms with Gasteiger partial charge in [0.2, 0.25) is 0 Å². The third-order valence-corrected chi connectivity index (χ3v) is 4.08. The van der Waals surface area contributed by atoms with Crippen LogP contribution in [0.5, 0.6) is 0 Å². The SMILES string of the molecule is CC(Sc1nc(N)cc(N)n1)C1=NC(=O)C2C=CC=CC2=N1. The molecule has 1 amide bonds. The van der Waals surface area contributed by atoms with Crippen LogP contribution >= 0.6 is 11.8 Å². The van der Waals surface area contributed by atoms with Crippen molar-refractivity contribution in [3.05, 3.63) is 30.4 Å². The summed E-state index contributed by atoms with van der Waals surface area (Å²) in [6, 6.07) is 1.49. The standard InChI is InChI=1S/C14H14N6OS/c1-7(22-14-18-10(15)6-11(16)19-14)12-17-9-5-3-2-4-8(9)13(21)20-12/h2-8H,1H3,(H4,15,16,18,19). The lowest BCUT2D eigenvalue weighted by molar-refractivity contribution is -0.118. The maximum Gasteiger partial charge on any atom is 0.260 e. The maximum absolute atomic E-state index is 12.1. The van der Waals surface area contributed by atoms with Gasteiger partial charge in [-0.3, -0.25) is 4.79 Å². The summed E-state index contributed by atoms with van der Waals surface area (Å²) >= 11 is 1.31. The summed E-state index contributed by atoms with van der Waals surface area (Å²) in [7, 11) is 0. The van der Waals surface area contributed by atoms with E-state index in [-0.39, 0.29) is 17.1 Å². The maximum atomic E-state index is 12.1. The van der Waals surface area contributed by atoms with E-state index in [1.165, 1.54) is 17.8 Å². The van der Waals surface area contributed by atoms with Crippen LogP contribution in [0.2, 0.25) is 0 Å². The number of allylic oxidation sites excluding steroid dienone is 3. The number of rotatable bonds is 3. The van der Waals surface area contributed by atoms with Crippen molar-refractivity contribution in [2.75, 3.05) is 11.5 Å². The van der Waals surface area contributed by atoms with Crippen molar-refractivity contribution in [2.24, 2.45) is 15.9 Å². The number of thioether (sulfide) groups is 1. The van der Waals surface area contributed by atoms with Gasteiger partial charge in [0.05, 0.1) is 11.0 Å². The van der Waals surface area contributed by atoms with Gasteiger partial charge in [0.15, 0.2) is 5.16 Å². The molecule has 0 fully saturated rings. The summed E-state index contributed by atoms with van der Waals surface area (Å²) in [5.74, 6) is 0.475. The Hall–Kier alpha value is -2.48. The Balaban J connectivity index is 1.82. The fourth-order valence-electron chi connectivity index (χ4n) is 2.09. The zero-order valence-corrected chi connectivity index (χ0v) is 12.6. The number of anilines is 2. The van der Waals surface area contributed by atoms with Crippen LogP contribution in [0.1, 0.15) is 6.92 Å². The lowest BCUT2D eigenvalue weighted by Crippen LogP contribution is -2.30. The minimum Gasteiger partial charge on any atom is -0.383 e. The number of carbonyl (C=O) groups is 1. The number of nitrogens with zero attached hydrogens (tertiary/aromatic N) is 4. The summed E-state index contributed by atoms with van der Waals surface area (Å²) in [5.41, 5.74) is 12.0. The first-order valence-electron chi connectivity index (χ1n) is 6.65. The highest BCUT2D eigenvalue weighted by Gasteiger charge is 2.28. The number of amides is 1. The number of hydrogen-bond donors (Lipinski definition) is 2. The lowest BCUT2D eigenvalue weighted by atomic mass is 9.96. The first-order chi connectivity index (χ1) is 10.5. The Bertz CT molecular complexity index is 731. The molecule has 1 aromatic heterocycles. The Labute approximate surface area is 131 Å². The predicted molar refractivity (Wildman–Crippen MR) is 87.8 cm³/mol. The number of amidine groups is 1. The number of fused-ring (bicyclic) bond motifs is 1. The number of carbonyl (C=O) groups excluding carboxylic acids is 1. The molecule has 0 aromatic carbocycles. The van der Waals surface area contributed by atoms with Crippen LogP contribution < -0.4 is 11.5 Å². The molecule has 2 atom stereocenters. The Morgan fingerprint density at radius 2 is 1.91 bits per heavy atom. The van der Waals surface area contributed by atoms with E-state index >= 15 is 0 Å². The summed E-state index contributed by atoms with van der Waals surface area (Å²) in [6.07, 6.45) is 7.29. The third kappa shape index (κ3) is 2.91. The van der Waals surface area contributed by atoms with Crippen LogP contribution in [0.15, 0.2) is 45.5 Å². The molecule has 2 heterocycles. The normalized spacial score (nSPS) is 21.1. The molecule has 112 valence electrons. The minimum absolute atomic E-state index is 0.196. The van der Waals surface area contributed by atoms with Gasteiger partial charge in [0, 0.05) is 6.07 Å². The minimum atomic E-state index is -0.370. The highest BCUT2D eigenvalue weighted by atomic mass is 32.2. The van der Waals surface area contributed by atoms with Gasteiger partial charge in [-0.05, 0) is 13.0 Å². The van der Waals surface area contributed by atoms with Crippen molar-refractivity contribution in [3.63, 3.8) is 0 Å². The number of nitrogen functional groups attached to an aromatic ring is 2. The van der Waals surface area contributed by atoms with Gasteiger partial charge in [-0.2, -0.15) is 4.99 Å². The predicted octanol–water partition coefficient (Wildman–Crippen LogP) is 1.24. The van der Waals surface area contributed by atoms with Gasteiger partial charge in [0.1, 0.15) is 23.4 Å². The Morgan fingerprint density at radius 1 is 1.18 bits per heavy atom. The highest BCUT2D eigenvalue weighted by molar-refractivity contribution is 8.00. The van der Waals surface area contributed by atoms with E-state index < -0.39 is 0 Å². The quantitative estimate of drug-likeness (QED) is 0.640. The van der Waals surface area contributed by atoms with Gasteiger partial charge < -0.3 is 11.5 Å². The summed E-state index contributed by atoms with van der Waals surface area (Å²) in [6.45, 7) is 1.88. The molecule has 2 aliphatic rings. The topological polar surface area (TPSA) is 120 Å². The van der Waals surface area contributed by atoms with Gasteiger partial charge in [-0.15, -0.1) is 0 Å². The second-order valence-electron chi connectivity index (χ2n) is 4.83.